The Morgan fingerprint density at radius 2 is 1.55 bits per heavy atom. The van der Waals surface area contributed by atoms with Crippen molar-refractivity contribution in [1.29, 1.82) is 0 Å². The number of Topliss-reactive ketones (excluding diaryl/α,β-unsaturated/α-hetero) is 1. The lowest BCUT2D eigenvalue weighted by molar-refractivity contribution is 0.0939. The van der Waals surface area contributed by atoms with Crippen molar-refractivity contribution in [1.82, 2.24) is 4.90 Å². The predicted octanol–water partition coefficient (Wildman–Crippen LogP) is 6.11. The van der Waals surface area contributed by atoms with Crippen LogP contribution in [0.5, 0.6) is 5.75 Å². The fourth-order valence-corrected chi connectivity index (χ4v) is 7.25. The zero-order chi connectivity index (χ0) is 25.7. The van der Waals surface area contributed by atoms with Gasteiger partial charge in [0, 0.05) is 42.7 Å². The maximum atomic E-state index is 13.0. The minimum atomic E-state index is 0.320. The van der Waals surface area contributed by atoms with Crippen molar-refractivity contribution in [3.63, 3.8) is 0 Å². The molecule has 1 saturated carbocycles. The lowest BCUT2D eigenvalue weighted by Gasteiger charge is -2.35. The molecule has 204 valence electrons. The topological polar surface area (TPSA) is 42.0 Å². The Bertz CT molecular complexity index is 1060. The van der Waals surface area contributed by atoms with Crippen LogP contribution in [0, 0.1) is 11.8 Å². The van der Waals surface area contributed by atoms with Gasteiger partial charge in [-0.15, -0.1) is 0 Å². The SMILES string of the molecule is O=C(CC1CCC(CCN2CCC(c3cccc4c3CCO4)CC2)CC1)c1ccc(N2CCOCC2)cc1. The number of nitrogens with zero attached hydrogens (tertiary/aromatic N) is 2. The number of anilines is 1. The summed E-state index contributed by atoms with van der Waals surface area (Å²) in [6, 6.07) is 14.9. The van der Waals surface area contributed by atoms with Gasteiger partial charge < -0.3 is 19.3 Å². The van der Waals surface area contributed by atoms with Crippen molar-refractivity contribution in [2.24, 2.45) is 11.8 Å². The molecule has 1 aliphatic carbocycles. The first-order valence-electron chi connectivity index (χ1n) is 15.2. The van der Waals surface area contributed by atoms with Crippen LogP contribution >= 0.6 is 0 Å². The highest BCUT2D eigenvalue weighted by Crippen LogP contribution is 2.38. The van der Waals surface area contributed by atoms with Crippen molar-refractivity contribution in [2.45, 2.75) is 63.7 Å². The Hall–Kier alpha value is -2.37. The van der Waals surface area contributed by atoms with Gasteiger partial charge in [0.2, 0.25) is 0 Å². The Kier molecular flexibility index (Phi) is 8.32. The van der Waals surface area contributed by atoms with E-state index in [0.717, 1.165) is 56.6 Å². The van der Waals surface area contributed by atoms with E-state index >= 15 is 0 Å². The number of ether oxygens (including phenoxy) is 2. The largest absolute Gasteiger partial charge is 0.493 e. The van der Waals surface area contributed by atoms with Crippen LogP contribution in [0.2, 0.25) is 0 Å². The number of fused-ring (bicyclic) bond motifs is 1. The van der Waals surface area contributed by atoms with E-state index in [1.807, 2.05) is 12.1 Å². The molecule has 4 aliphatic rings. The second kappa shape index (κ2) is 12.2. The molecular weight excluding hydrogens is 472 g/mol. The van der Waals surface area contributed by atoms with Crippen LogP contribution in [-0.4, -0.2) is 63.2 Å². The molecule has 5 heteroatoms. The molecule has 3 heterocycles. The molecule has 5 nitrogen and oxygen atoms in total. The van der Waals surface area contributed by atoms with Gasteiger partial charge in [0.1, 0.15) is 5.75 Å². The number of hydrogen-bond acceptors (Lipinski definition) is 5. The zero-order valence-corrected chi connectivity index (χ0v) is 22.9. The molecule has 0 aromatic heterocycles. The molecule has 38 heavy (non-hydrogen) atoms. The van der Waals surface area contributed by atoms with E-state index in [-0.39, 0.29) is 0 Å². The molecule has 0 atom stereocenters. The summed E-state index contributed by atoms with van der Waals surface area (Å²) in [5, 5.41) is 0. The van der Waals surface area contributed by atoms with Gasteiger partial charge in [-0.25, -0.2) is 0 Å². The average molecular weight is 517 g/mol. The van der Waals surface area contributed by atoms with Crippen molar-refractivity contribution >= 4 is 11.5 Å². The summed E-state index contributed by atoms with van der Waals surface area (Å²) in [6.45, 7) is 7.98. The first-order chi connectivity index (χ1) is 18.7. The number of carbonyl (C=O) groups is 1. The highest BCUT2D eigenvalue weighted by Gasteiger charge is 2.27. The zero-order valence-electron chi connectivity index (χ0n) is 22.9. The number of likely N-dealkylation sites (tertiary alicyclic amines) is 1. The molecule has 0 amide bonds. The normalized spacial score (nSPS) is 24.7. The number of carbonyl (C=O) groups excluding carboxylic acids is 1. The first kappa shape index (κ1) is 25.9. The van der Waals surface area contributed by atoms with Crippen LogP contribution in [0.1, 0.15) is 78.8 Å². The monoisotopic (exact) mass is 516 g/mol. The standard InChI is InChI=1S/C33H44N2O3/c36-32(28-8-10-29(11-9-28)35-19-22-37-23-20-35)24-26-6-4-25(5-7-26)12-16-34-17-13-27(14-18-34)30-2-1-3-33-31(30)15-21-38-33/h1-3,8-11,25-27H,4-7,12-24H2. The summed E-state index contributed by atoms with van der Waals surface area (Å²) in [4.78, 5) is 18.0. The van der Waals surface area contributed by atoms with Crippen molar-refractivity contribution < 1.29 is 14.3 Å². The maximum absolute atomic E-state index is 13.0. The molecule has 0 N–H and O–H groups in total. The third-order valence-electron chi connectivity index (χ3n) is 9.67. The molecule has 3 fully saturated rings. The lowest BCUT2D eigenvalue weighted by atomic mass is 9.78. The fourth-order valence-electron chi connectivity index (χ4n) is 7.25. The van der Waals surface area contributed by atoms with Crippen molar-refractivity contribution in [2.75, 3.05) is 57.4 Å². The van der Waals surface area contributed by atoms with Gasteiger partial charge in [-0.3, -0.25) is 4.79 Å². The minimum absolute atomic E-state index is 0.320. The van der Waals surface area contributed by atoms with Gasteiger partial charge in [0.15, 0.2) is 5.78 Å². The summed E-state index contributed by atoms with van der Waals surface area (Å²) >= 11 is 0. The molecule has 0 spiro atoms. The van der Waals surface area contributed by atoms with Crippen molar-refractivity contribution in [3.8, 4) is 5.75 Å². The van der Waals surface area contributed by atoms with E-state index in [1.54, 1.807) is 5.56 Å². The number of rotatable bonds is 8. The molecule has 6 rings (SSSR count). The highest BCUT2D eigenvalue weighted by atomic mass is 16.5. The number of benzene rings is 2. The summed E-state index contributed by atoms with van der Waals surface area (Å²) in [6.07, 6.45) is 10.7. The molecule has 0 unspecified atom stereocenters. The molecule has 0 bridgehead atoms. The number of piperidine rings is 1. The number of ketones is 1. The summed E-state index contributed by atoms with van der Waals surface area (Å²) < 4.78 is 11.2. The third-order valence-corrected chi connectivity index (χ3v) is 9.67. The van der Waals surface area contributed by atoms with E-state index < -0.39 is 0 Å². The van der Waals surface area contributed by atoms with Crippen LogP contribution in [0.15, 0.2) is 42.5 Å². The van der Waals surface area contributed by atoms with Gasteiger partial charge in [-0.2, -0.15) is 0 Å². The Balaban J connectivity index is 0.898. The summed E-state index contributed by atoms with van der Waals surface area (Å²) in [5.41, 5.74) is 5.11. The molecule has 2 aromatic carbocycles. The Morgan fingerprint density at radius 3 is 2.32 bits per heavy atom. The average Bonchev–Trinajstić information content (AvgIpc) is 3.47. The lowest BCUT2D eigenvalue weighted by Crippen LogP contribution is -2.36. The first-order valence-corrected chi connectivity index (χ1v) is 15.2. The third kappa shape index (κ3) is 6.10. The Morgan fingerprint density at radius 1 is 0.816 bits per heavy atom. The summed E-state index contributed by atoms with van der Waals surface area (Å²) in [5.74, 6) is 3.54. The van der Waals surface area contributed by atoms with Crippen LogP contribution in [0.25, 0.3) is 0 Å². The van der Waals surface area contributed by atoms with E-state index in [2.05, 4.69) is 40.1 Å². The highest BCUT2D eigenvalue weighted by molar-refractivity contribution is 5.96. The van der Waals surface area contributed by atoms with Crippen molar-refractivity contribution in [3.05, 3.63) is 59.2 Å². The molecule has 3 aliphatic heterocycles. The second-order valence-corrected chi connectivity index (χ2v) is 12.0. The van der Waals surface area contributed by atoms with Gasteiger partial charge in [-0.1, -0.05) is 25.0 Å². The Labute approximate surface area is 228 Å². The minimum Gasteiger partial charge on any atom is -0.493 e. The van der Waals surface area contributed by atoms with Gasteiger partial charge in [-0.05, 0) is 105 Å². The van der Waals surface area contributed by atoms with E-state index in [9.17, 15) is 4.79 Å². The van der Waals surface area contributed by atoms with Crippen LogP contribution in [0.4, 0.5) is 5.69 Å². The fraction of sp³-hybridized carbons (Fsp3) is 0.606. The maximum Gasteiger partial charge on any atom is 0.163 e. The van der Waals surface area contributed by atoms with Gasteiger partial charge in [0.25, 0.3) is 0 Å². The second-order valence-electron chi connectivity index (χ2n) is 12.0. The quantitative estimate of drug-likeness (QED) is 0.396. The number of hydrogen-bond donors (Lipinski definition) is 0. The van der Waals surface area contributed by atoms with E-state index in [1.165, 1.54) is 75.8 Å². The molecule has 0 radical (unpaired) electrons. The van der Waals surface area contributed by atoms with Gasteiger partial charge in [0.05, 0.1) is 19.8 Å². The smallest absolute Gasteiger partial charge is 0.163 e. The molecule has 2 saturated heterocycles. The predicted molar refractivity (Wildman–Crippen MR) is 153 cm³/mol. The van der Waals surface area contributed by atoms with Crippen LogP contribution in [-0.2, 0) is 11.2 Å². The molecule has 2 aromatic rings. The van der Waals surface area contributed by atoms with Gasteiger partial charge >= 0.3 is 0 Å². The van der Waals surface area contributed by atoms with Crippen LogP contribution in [0.3, 0.4) is 0 Å². The number of morpholine rings is 1. The van der Waals surface area contributed by atoms with E-state index in [0.29, 0.717) is 24.0 Å². The molecular formula is C33H44N2O3. The summed E-state index contributed by atoms with van der Waals surface area (Å²) in [7, 11) is 0. The van der Waals surface area contributed by atoms with E-state index in [4.69, 9.17) is 9.47 Å². The van der Waals surface area contributed by atoms with Crippen LogP contribution < -0.4 is 9.64 Å².